The average Bonchev–Trinajstić information content (AvgIpc) is 3.02. The number of likely N-dealkylation sites (tertiary alicyclic amines) is 1. The Morgan fingerprint density at radius 3 is 2.50 bits per heavy atom. The number of aliphatic hydroxyl groups excluding tert-OH is 1. The van der Waals surface area contributed by atoms with E-state index in [1.165, 1.54) is 4.90 Å². The van der Waals surface area contributed by atoms with Crippen molar-refractivity contribution in [2.24, 2.45) is 0 Å². The number of benzene rings is 2. The molecule has 3 rings (SSSR count). The monoisotopic (exact) mass is 438 g/mol. The maximum atomic E-state index is 13.2. The van der Waals surface area contributed by atoms with E-state index in [-0.39, 0.29) is 11.3 Å². The minimum atomic E-state index is -0.751. The molecule has 0 saturated carbocycles. The summed E-state index contributed by atoms with van der Waals surface area (Å²) < 4.78 is 11.1. The summed E-state index contributed by atoms with van der Waals surface area (Å²) in [6.07, 6.45) is 0. The summed E-state index contributed by atoms with van der Waals surface area (Å²) >= 11 is 0. The zero-order chi connectivity index (χ0) is 23.4. The first kappa shape index (κ1) is 23.3. The summed E-state index contributed by atoms with van der Waals surface area (Å²) in [7, 11) is 5.37. The molecule has 7 heteroatoms. The minimum absolute atomic E-state index is 0.0641. The van der Waals surface area contributed by atoms with Gasteiger partial charge in [-0.15, -0.1) is 0 Å². The maximum absolute atomic E-state index is 13.2. The second-order valence-electron chi connectivity index (χ2n) is 7.95. The van der Waals surface area contributed by atoms with Gasteiger partial charge in [-0.25, -0.2) is 0 Å². The summed E-state index contributed by atoms with van der Waals surface area (Å²) in [5, 5.41) is 11.3. The molecule has 1 aliphatic heterocycles. The Kier molecular flexibility index (Phi) is 7.20. The first-order valence-electron chi connectivity index (χ1n) is 10.6. The van der Waals surface area contributed by atoms with Crippen LogP contribution in [0.2, 0.25) is 0 Å². The predicted molar refractivity (Wildman–Crippen MR) is 123 cm³/mol. The number of amides is 1. The number of ether oxygens (including phenoxy) is 2. The van der Waals surface area contributed by atoms with E-state index in [4.69, 9.17) is 9.47 Å². The summed E-state index contributed by atoms with van der Waals surface area (Å²) in [6.45, 7) is 5.04. The van der Waals surface area contributed by atoms with Crippen LogP contribution in [0.1, 0.15) is 29.7 Å². The van der Waals surface area contributed by atoms with Crippen molar-refractivity contribution in [2.45, 2.75) is 19.9 Å². The van der Waals surface area contributed by atoms with Gasteiger partial charge >= 0.3 is 0 Å². The highest BCUT2D eigenvalue weighted by Gasteiger charge is 2.47. The van der Waals surface area contributed by atoms with E-state index in [0.717, 1.165) is 5.56 Å². The Morgan fingerprint density at radius 1 is 1.16 bits per heavy atom. The molecular formula is C25H30N2O5. The molecule has 0 bridgehead atoms. The van der Waals surface area contributed by atoms with Gasteiger partial charge in [0.2, 0.25) is 0 Å². The second kappa shape index (κ2) is 9.87. The number of nitrogens with zero attached hydrogens (tertiary/aromatic N) is 2. The molecule has 2 aromatic rings. The number of rotatable bonds is 8. The molecule has 2 aromatic carbocycles. The van der Waals surface area contributed by atoms with Crippen LogP contribution in [-0.2, 0) is 9.59 Å². The third-order valence-corrected chi connectivity index (χ3v) is 5.53. The lowest BCUT2D eigenvalue weighted by atomic mass is 9.93. The largest absolute Gasteiger partial charge is 0.507 e. The van der Waals surface area contributed by atoms with Gasteiger partial charge < -0.3 is 24.4 Å². The first-order chi connectivity index (χ1) is 15.3. The van der Waals surface area contributed by atoms with Gasteiger partial charge in [-0.3, -0.25) is 9.59 Å². The molecule has 0 aliphatic carbocycles. The fourth-order valence-corrected chi connectivity index (χ4v) is 3.91. The Morgan fingerprint density at radius 2 is 1.88 bits per heavy atom. The number of likely N-dealkylation sites (N-methyl/N-ethyl adjacent to an activating group) is 1. The third kappa shape index (κ3) is 4.48. The van der Waals surface area contributed by atoms with Gasteiger partial charge in [-0.05, 0) is 57.8 Å². The van der Waals surface area contributed by atoms with Crippen LogP contribution >= 0.6 is 0 Å². The lowest BCUT2D eigenvalue weighted by Crippen LogP contribution is -2.35. The van der Waals surface area contributed by atoms with Crippen LogP contribution in [0, 0.1) is 6.92 Å². The summed E-state index contributed by atoms with van der Waals surface area (Å²) in [4.78, 5) is 29.7. The molecule has 170 valence electrons. The van der Waals surface area contributed by atoms with Gasteiger partial charge in [0.15, 0.2) is 0 Å². The molecule has 32 heavy (non-hydrogen) atoms. The highest BCUT2D eigenvalue weighted by atomic mass is 16.5. The van der Waals surface area contributed by atoms with Gasteiger partial charge in [0.25, 0.3) is 11.7 Å². The third-order valence-electron chi connectivity index (χ3n) is 5.53. The molecule has 7 nitrogen and oxygen atoms in total. The number of hydrogen-bond acceptors (Lipinski definition) is 6. The van der Waals surface area contributed by atoms with Crippen LogP contribution in [0.3, 0.4) is 0 Å². The van der Waals surface area contributed by atoms with Crippen LogP contribution in [0.4, 0.5) is 0 Å². The molecule has 0 radical (unpaired) electrons. The Hall–Kier alpha value is -3.32. The van der Waals surface area contributed by atoms with E-state index in [1.54, 1.807) is 25.3 Å². The Labute approximate surface area is 188 Å². The molecule has 1 aliphatic rings. The number of Topliss-reactive ketones (excluding diaryl/α,β-unsaturated/α-hetero) is 1. The van der Waals surface area contributed by atoms with E-state index in [2.05, 4.69) is 0 Å². The van der Waals surface area contributed by atoms with E-state index in [1.807, 2.05) is 57.1 Å². The van der Waals surface area contributed by atoms with Gasteiger partial charge in [0.05, 0.1) is 25.3 Å². The van der Waals surface area contributed by atoms with Crippen molar-refractivity contribution in [3.63, 3.8) is 0 Å². The van der Waals surface area contributed by atoms with Crippen molar-refractivity contribution in [3.05, 3.63) is 64.7 Å². The SMILES string of the molecule is CCOc1ccccc1C1/C(=C(/O)c2ccc(OC)cc2C)C(=O)C(=O)N1CCN(C)C. The van der Waals surface area contributed by atoms with Gasteiger partial charge in [-0.2, -0.15) is 0 Å². The van der Waals surface area contributed by atoms with Crippen molar-refractivity contribution >= 4 is 17.4 Å². The normalized spacial score (nSPS) is 17.8. The molecule has 0 aromatic heterocycles. The van der Waals surface area contributed by atoms with Crippen molar-refractivity contribution in [2.75, 3.05) is 40.9 Å². The van der Waals surface area contributed by atoms with Crippen molar-refractivity contribution in [1.82, 2.24) is 9.80 Å². The average molecular weight is 439 g/mol. The fraction of sp³-hybridized carbons (Fsp3) is 0.360. The summed E-state index contributed by atoms with van der Waals surface area (Å²) in [5.74, 6) is -0.311. The standard InChI is InChI=1S/C25H30N2O5/c1-6-32-20-10-8-7-9-19(20)22-21(24(29)25(30)27(22)14-13-26(3)4)23(28)18-12-11-17(31-5)15-16(18)2/h7-12,15,22,28H,6,13-14H2,1-5H3/b23-21-. The molecular weight excluding hydrogens is 408 g/mol. The fourth-order valence-electron chi connectivity index (χ4n) is 3.91. The smallest absolute Gasteiger partial charge is 0.295 e. The van der Waals surface area contributed by atoms with Gasteiger partial charge in [-0.1, -0.05) is 18.2 Å². The quantitative estimate of drug-likeness (QED) is 0.387. The van der Waals surface area contributed by atoms with Crippen molar-refractivity contribution in [3.8, 4) is 11.5 Å². The van der Waals surface area contributed by atoms with E-state index in [9.17, 15) is 14.7 Å². The van der Waals surface area contributed by atoms with E-state index in [0.29, 0.717) is 42.3 Å². The molecule has 1 saturated heterocycles. The summed E-state index contributed by atoms with van der Waals surface area (Å²) in [5.41, 5.74) is 1.95. The maximum Gasteiger partial charge on any atom is 0.295 e. The van der Waals surface area contributed by atoms with Crippen LogP contribution in [0.5, 0.6) is 11.5 Å². The second-order valence-corrected chi connectivity index (χ2v) is 7.95. The zero-order valence-corrected chi connectivity index (χ0v) is 19.2. The van der Waals surface area contributed by atoms with Crippen LogP contribution in [0.15, 0.2) is 48.0 Å². The van der Waals surface area contributed by atoms with E-state index >= 15 is 0 Å². The lowest BCUT2D eigenvalue weighted by Gasteiger charge is -2.28. The number of ketones is 1. The Balaban J connectivity index is 2.21. The molecule has 1 unspecified atom stereocenters. The van der Waals surface area contributed by atoms with E-state index < -0.39 is 17.7 Å². The Bertz CT molecular complexity index is 1040. The molecule has 1 heterocycles. The topological polar surface area (TPSA) is 79.3 Å². The number of aryl methyl sites for hydroxylation is 1. The van der Waals surface area contributed by atoms with Crippen molar-refractivity contribution < 1.29 is 24.2 Å². The van der Waals surface area contributed by atoms with Crippen molar-refractivity contribution in [1.29, 1.82) is 0 Å². The van der Waals surface area contributed by atoms with Crippen LogP contribution in [0.25, 0.3) is 5.76 Å². The molecule has 1 N–H and O–H groups in total. The molecule has 1 amide bonds. The summed E-state index contributed by atoms with van der Waals surface area (Å²) in [6, 6.07) is 11.8. The number of hydrogen-bond donors (Lipinski definition) is 1. The number of aliphatic hydroxyl groups is 1. The number of carbonyl (C=O) groups is 2. The van der Waals surface area contributed by atoms with Crippen LogP contribution < -0.4 is 9.47 Å². The number of para-hydroxylation sites is 1. The number of carbonyl (C=O) groups excluding carboxylic acids is 2. The van der Waals surface area contributed by atoms with Gasteiger partial charge in [0, 0.05) is 24.2 Å². The molecule has 1 atom stereocenters. The minimum Gasteiger partial charge on any atom is -0.507 e. The first-order valence-corrected chi connectivity index (χ1v) is 10.6. The highest BCUT2D eigenvalue weighted by molar-refractivity contribution is 6.46. The lowest BCUT2D eigenvalue weighted by molar-refractivity contribution is -0.140. The molecule has 1 fully saturated rings. The zero-order valence-electron chi connectivity index (χ0n) is 19.2. The highest BCUT2D eigenvalue weighted by Crippen LogP contribution is 2.43. The van der Waals surface area contributed by atoms with Crippen LogP contribution in [-0.4, -0.2) is 67.5 Å². The van der Waals surface area contributed by atoms with Gasteiger partial charge in [0.1, 0.15) is 17.3 Å². The number of methoxy groups -OCH3 is 1. The predicted octanol–water partition coefficient (Wildman–Crippen LogP) is 3.39. The molecule has 0 spiro atoms.